The predicted octanol–water partition coefficient (Wildman–Crippen LogP) is 1.29. The quantitative estimate of drug-likeness (QED) is 0.760. The van der Waals surface area contributed by atoms with Crippen molar-refractivity contribution in [2.75, 3.05) is 13.1 Å². The van der Waals surface area contributed by atoms with Crippen molar-refractivity contribution in [1.29, 1.82) is 0 Å². The second-order valence-corrected chi connectivity index (χ2v) is 5.17. The zero-order valence-corrected chi connectivity index (χ0v) is 10.2. The van der Waals surface area contributed by atoms with Gasteiger partial charge in [0.15, 0.2) is 0 Å². The Morgan fingerprint density at radius 3 is 2.53 bits per heavy atom. The van der Waals surface area contributed by atoms with Gasteiger partial charge in [-0.3, -0.25) is 4.79 Å². The lowest BCUT2D eigenvalue weighted by Crippen LogP contribution is -2.57. The first kappa shape index (κ1) is 12.2. The van der Waals surface area contributed by atoms with Gasteiger partial charge in [-0.15, -0.1) is 0 Å². The summed E-state index contributed by atoms with van der Waals surface area (Å²) in [7, 11) is 0. The summed E-state index contributed by atoms with van der Waals surface area (Å²) in [5.41, 5.74) is 0. The average Bonchev–Trinajstić information content (AvgIpc) is 2.97. The lowest BCUT2D eigenvalue weighted by atomic mass is 10.0. The number of aliphatic carboxylic acids is 1. The van der Waals surface area contributed by atoms with Gasteiger partial charge in [0.2, 0.25) is 0 Å². The summed E-state index contributed by atoms with van der Waals surface area (Å²) in [6.07, 6.45) is 4.59. The van der Waals surface area contributed by atoms with Crippen LogP contribution in [0.5, 0.6) is 0 Å². The maximum atomic E-state index is 11.8. The number of carbonyl (C=O) groups excluding carboxylic acids is 1. The molecule has 1 heterocycles. The van der Waals surface area contributed by atoms with Crippen LogP contribution in [-0.4, -0.2) is 41.1 Å². The van der Waals surface area contributed by atoms with E-state index in [1.807, 2.05) is 0 Å². The van der Waals surface area contributed by atoms with Gasteiger partial charge >= 0.3 is 12.0 Å². The van der Waals surface area contributed by atoms with E-state index in [1.165, 1.54) is 12.8 Å². The fraction of sp³-hybridized carbons (Fsp3) is 0.833. The van der Waals surface area contributed by atoms with Gasteiger partial charge in [0.25, 0.3) is 0 Å². The number of carbonyl (C=O) groups is 2. The Hall–Kier alpha value is -1.26. The molecule has 0 aromatic carbocycles. The highest BCUT2D eigenvalue weighted by molar-refractivity contribution is 5.79. The van der Waals surface area contributed by atoms with Crippen LogP contribution in [-0.2, 0) is 4.79 Å². The van der Waals surface area contributed by atoms with Crippen LogP contribution in [0.3, 0.4) is 0 Å². The van der Waals surface area contributed by atoms with Gasteiger partial charge in [-0.1, -0.05) is 19.8 Å². The highest BCUT2D eigenvalue weighted by Crippen LogP contribution is 2.34. The van der Waals surface area contributed by atoms with Crippen LogP contribution in [0.4, 0.5) is 4.79 Å². The van der Waals surface area contributed by atoms with Crippen LogP contribution in [0.1, 0.15) is 32.6 Å². The Morgan fingerprint density at radius 1 is 1.41 bits per heavy atom. The molecule has 1 aliphatic carbocycles. The molecule has 1 saturated heterocycles. The van der Waals surface area contributed by atoms with Crippen molar-refractivity contribution in [3.8, 4) is 0 Å². The molecule has 96 valence electrons. The summed E-state index contributed by atoms with van der Waals surface area (Å²) in [5, 5.41) is 11.7. The van der Waals surface area contributed by atoms with Crippen LogP contribution < -0.4 is 5.32 Å². The normalized spacial score (nSPS) is 21.8. The first-order chi connectivity index (χ1) is 8.10. The predicted molar refractivity (Wildman–Crippen MR) is 62.7 cm³/mol. The summed E-state index contributed by atoms with van der Waals surface area (Å²) in [5.74, 6) is -0.383. The molecule has 2 N–H and O–H groups in total. The van der Waals surface area contributed by atoms with Gasteiger partial charge in [-0.2, -0.15) is 0 Å². The third kappa shape index (κ3) is 3.11. The summed E-state index contributed by atoms with van der Waals surface area (Å²) in [4.78, 5) is 24.0. The lowest BCUT2D eigenvalue weighted by Gasteiger charge is -2.37. The number of carboxylic acid groups (broad SMARTS) is 1. The van der Waals surface area contributed by atoms with E-state index >= 15 is 0 Å². The highest BCUT2D eigenvalue weighted by Gasteiger charge is 2.36. The molecular weight excluding hydrogens is 220 g/mol. The summed E-state index contributed by atoms with van der Waals surface area (Å²) in [6.45, 7) is 2.77. The molecule has 1 saturated carbocycles. The van der Waals surface area contributed by atoms with E-state index < -0.39 is 5.97 Å². The Bertz CT molecular complexity index is 309. The maximum absolute atomic E-state index is 11.8. The number of nitrogens with one attached hydrogen (secondary N) is 1. The standard InChI is InChI=1S/C12H20N2O3/c1-2-10(5-8-3-4-8)13-12(17)14-6-9(7-14)11(15)16/h8-10H,2-7H2,1H3,(H,13,17)(H,15,16). The van der Waals surface area contributed by atoms with Crippen molar-refractivity contribution in [1.82, 2.24) is 10.2 Å². The molecule has 0 aromatic heterocycles. The molecule has 1 aliphatic heterocycles. The van der Waals surface area contributed by atoms with Gasteiger partial charge in [-0.05, 0) is 18.8 Å². The van der Waals surface area contributed by atoms with Gasteiger partial charge < -0.3 is 15.3 Å². The first-order valence-corrected chi connectivity index (χ1v) is 6.38. The molecule has 17 heavy (non-hydrogen) atoms. The van der Waals surface area contributed by atoms with Crippen molar-refractivity contribution in [3.63, 3.8) is 0 Å². The second-order valence-electron chi connectivity index (χ2n) is 5.17. The smallest absolute Gasteiger partial charge is 0.317 e. The molecule has 5 nitrogen and oxygen atoms in total. The zero-order chi connectivity index (χ0) is 12.4. The molecule has 1 atom stereocenters. The monoisotopic (exact) mass is 240 g/mol. The minimum Gasteiger partial charge on any atom is -0.481 e. The summed E-state index contributed by atoms with van der Waals surface area (Å²) >= 11 is 0. The fourth-order valence-corrected chi connectivity index (χ4v) is 2.15. The SMILES string of the molecule is CCC(CC1CC1)NC(=O)N1CC(C(=O)O)C1. The van der Waals surface area contributed by atoms with E-state index in [9.17, 15) is 9.59 Å². The zero-order valence-electron chi connectivity index (χ0n) is 10.2. The molecule has 2 fully saturated rings. The largest absolute Gasteiger partial charge is 0.481 e. The topological polar surface area (TPSA) is 69.6 Å². The van der Waals surface area contributed by atoms with E-state index in [1.54, 1.807) is 4.90 Å². The second kappa shape index (κ2) is 4.94. The van der Waals surface area contributed by atoms with Crippen molar-refractivity contribution in [3.05, 3.63) is 0 Å². The Kier molecular flexibility index (Phi) is 3.54. The van der Waals surface area contributed by atoms with E-state index in [0.717, 1.165) is 18.8 Å². The lowest BCUT2D eigenvalue weighted by molar-refractivity contribution is -0.146. The third-order valence-electron chi connectivity index (χ3n) is 3.65. The number of rotatable bonds is 5. The highest BCUT2D eigenvalue weighted by atomic mass is 16.4. The number of hydrogen-bond donors (Lipinski definition) is 2. The first-order valence-electron chi connectivity index (χ1n) is 6.38. The fourth-order valence-electron chi connectivity index (χ4n) is 2.15. The minimum absolute atomic E-state index is 0.102. The molecule has 0 bridgehead atoms. The van der Waals surface area contributed by atoms with Crippen LogP contribution in [0, 0.1) is 11.8 Å². The van der Waals surface area contributed by atoms with Crippen molar-refractivity contribution in [2.24, 2.45) is 11.8 Å². The molecule has 2 amide bonds. The number of urea groups is 1. The Labute approximate surface area is 101 Å². The number of likely N-dealkylation sites (tertiary alicyclic amines) is 1. The van der Waals surface area contributed by atoms with Crippen molar-refractivity contribution < 1.29 is 14.7 Å². The summed E-state index contributed by atoms with van der Waals surface area (Å²) < 4.78 is 0. The molecule has 0 radical (unpaired) electrons. The molecule has 2 aliphatic rings. The van der Waals surface area contributed by atoms with Crippen LogP contribution in [0.25, 0.3) is 0 Å². The molecule has 0 spiro atoms. The third-order valence-corrected chi connectivity index (χ3v) is 3.65. The molecular formula is C12H20N2O3. The van der Waals surface area contributed by atoms with E-state index in [-0.39, 0.29) is 18.0 Å². The van der Waals surface area contributed by atoms with Crippen LogP contribution in [0.2, 0.25) is 0 Å². The molecule has 5 heteroatoms. The van der Waals surface area contributed by atoms with Gasteiger partial charge in [0, 0.05) is 19.1 Å². The van der Waals surface area contributed by atoms with Crippen LogP contribution in [0.15, 0.2) is 0 Å². The molecule has 1 unspecified atom stereocenters. The van der Waals surface area contributed by atoms with Gasteiger partial charge in [0.1, 0.15) is 0 Å². The van der Waals surface area contributed by atoms with E-state index in [2.05, 4.69) is 12.2 Å². The average molecular weight is 240 g/mol. The van der Waals surface area contributed by atoms with E-state index in [4.69, 9.17) is 5.11 Å². The Morgan fingerprint density at radius 2 is 2.06 bits per heavy atom. The maximum Gasteiger partial charge on any atom is 0.317 e. The molecule has 0 aromatic rings. The van der Waals surface area contributed by atoms with Crippen LogP contribution >= 0.6 is 0 Å². The number of carboxylic acids is 1. The van der Waals surface area contributed by atoms with Gasteiger partial charge in [-0.25, -0.2) is 4.79 Å². The molecule has 2 rings (SSSR count). The Balaban J connectivity index is 1.71. The number of hydrogen-bond acceptors (Lipinski definition) is 2. The number of amides is 2. The van der Waals surface area contributed by atoms with Gasteiger partial charge in [0.05, 0.1) is 5.92 Å². The van der Waals surface area contributed by atoms with E-state index in [0.29, 0.717) is 13.1 Å². The number of nitrogens with zero attached hydrogens (tertiary/aromatic N) is 1. The minimum atomic E-state index is -0.806. The van der Waals surface area contributed by atoms with Crippen molar-refractivity contribution >= 4 is 12.0 Å². The summed E-state index contributed by atoms with van der Waals surface area (Å²) in [6, 6.07) is 0.147. The van der Waals surface area contributed by atoms with Crippen molar-refractivity contribution in [2.45, 2.75) is 38.6 Å².